The number of carbonyl (C=O) groups is 2. The number of methoxy groups -OCH3 is 1. The van der Waals surface area contributed by atoms with Crippen LogP contribution in [0.1, 0.15) is 42.9 Å². The number of anilines is 1. The summed E-state index contributed by atoms with van der Waals surface area (Å²) in [4.78, 5) is 28.7. The zero-order valence-electron chi connectivity index (χ0n) is 25.0. The van der Waals surface area contributed by atoms with Gasteiger partial charge in [-0.05, 0) is 81.3 Å². The number of carbonyl (C=O) groups excluding carboxylic acids is 2. The third-order valence-corrected chi connectivity index (χ3v) is 8.84. The maximum atomic E-state index is 13.6. The fraction of sp³-hybridized carbons (Fsp3) is 0.267. The number of nitrogens with two attached hydrogens (primary N) is 1. The molecule has 1 heterocycles. The molecule has 6 N–H and O–H groups in total. The predicted molar refractivity (Wildman–Crippen MR) is 171 cm³/mol. The first-order valence-corrected chi connectivity index (χ1v) is 16.0. The van der Waals surface area contributed by atoms with Gasteiger partial charge in [-0.1, -0.05) is 23.4 Å². The first-order valence-electron chi connectivity index (χ1n) is 13.7. The van der Waals surface area contributed by atoms with E-state index in [-0.39, 0.29) is 23.7 Å². The molecule has 0 aliphatic heterocycles. The van der Waals surface area contributed by atoms with E-state index in [0.29, 0.717) is 27.5 Å². The molecule has 13 nitrogen and oxygen atoms in total. The average molecular weight is 655 g/mol. The predicted octanol–water partition coefficient (Wildman–Crippen LogP) is 4.12. The largest absolute Gasteiger partial charge is 0.497 e. The van der Waals surface area contributed by atoms with Crippen molar-refractivity contribution >= 4 is 55.1 Å². The van der Waals surface area contributed by atoms with Gasteiger partial charge in [0.05, 0.1) is 28.3 Å². The number of alkyl carbamates (subject to hydrolysis) is 1. The first-order chi connectivity index (χ1) is 21.3. The van der Waals surface area contributed by atoms with E-state index in [1.165, 1.54) is 35.6 Å². The van der Waals surface area contributed by atoms with E-state index in [4.69, 9.17) is 25.4 Å². The Hall–Kier alpha value is -4.73. The molecule has 4 rings (SSSR count). The molecule has 0 radical (unpaired) electrons. The van der Waals surface area contributed by atoms with Crippen LogP contribution in [0.5, 0.6) is 5.75 Å². The number of nitrogens with one attached hydrogen (secondary N) is 3. The molecular weight excluding hydrogens is 620 g/mol. The molecule has 4 aromatic rings. The lowest BCUT2D eigenvalue weighted by molar-refractivity contribution is -0.115. The lowest BCUT2D eigenvalue weighted by Crippen LogP contribution is -2.37. The van der Waals surface area contributed by atoms with Gasteiger partial charge in [-0.2, -0.15) is 0 Å². The second-order valence-electron chi connectivity index (χ2n) is 10.9. The quantitative estimate of drug-likeness (QED) is 0.0684. The zero-order valence-corrected chi connectivity index (χ0v) is 26.7. The molecule has 15 heteroatoms. The molecule has 0 bridgehead atoms. The minimum absolute atomic E-state index is 0.0365. The van der Waals surface area contributed by atoms with Crippen LogP contribution in [-0.2, 0) is 26.0 Å². The molecule has 0 aliphatic carbocycles. The highest BCUT2D eigenvalue weighted by Gasteiger charge is 2.25. The average Bonchev–Trinajstić information content (AvgIpc) is 3.42. The van der Waals surface area contributed by atoms with Crippen LogP contribution in [0.4, 0.5) is 10.5 Å². The maximum absolute atomic E-state index is 13.6. The van der Waals surface area contributed by atoms with E-state index in [9.17, 15) is 18.0 Å². The lowest BCUT2D eigenvalue weighted by Gasteiger charge is -2.19. The summed E-state index contributed by atoms with van der Waals surface area (Å²) in [6.07, 6.45) is -0.523. The summed E-state index contributed by atoms with van der Waals surface area (Å²) in [6.45, 7) is 4.79. The number of amides is 2. The smallest absolute Gasteiger partial charge is 0.408 e. The summed E-state index contributed by atoms with van der Waals surface area (Å²) < 4.78 is 41.2. The van der Waals surface area contributed by atoms with Gasteiger partial charge in [0.15, 0.2) is 5.84 Å². The summed E-state index contributed by atoms with van der Waals surface area (Å²) in [5.41, 5.74) is 7.29. The molecular formula is C30H34N6O7S2. The maximum Gasteiger partial charge on any atom is 0.408 e. The number of sulfonamides is 1. The Balaban J connectivity index is 1.54. The standard InChI is InChI=1S/C30H34N6O7S2/c1-30(2,3)43-29(38)32-17-26(37)33-20-8-11-22(12-9-20)45(40,41)36-24(15-18-6-5-7-19(14-18)27(31)35-39)28-34-23-13-10-21(42-4)16-25(23)44-28/h5-14,16,24,36,39H,15,17H2,1-4H3,(H2,31,35)(H,32,38)(H,33,37). The van der Waals surface area contributed by atoms with Crippen molar-refractivity contribution in [2.45, 2.75) is 43.7 Å². The number of amidine groups is 1. The highest BCUT2D eigenvalue weighted by molar-refractivity contribution is 7.89. The van der Waals surface area contributed by atoms with E-state index in [0.717, 1.165) is 10.3 Å². The molecule has 0 spiro atoms. The summed E-state index contributed by atoms with van der Waals surface area (Å²) in [6, 6.07) is 17.2. The Kier molecular flexibility index (Phi) is 10.3. The fourth-order valence-corrected chi connectivity index (χ4v) is 6.50. The zero-order chi connectivity index (χ0) is 32.8. The third-order valence-electron chi connectivity index (χ3n) is 6.22. The van der Waals surface area contributed by atoms with E-state index < -0.39 is 33.7 Å². The normalized spacial score (nSPS) is 12.8. The van der Waals surface area contributed by atoms with Crippen molar-refractivity contribution in [2.75, 3.05) is 19.0 Å². The van der Waals surface area contributed by atoms with Gasteiger partial charge in [-0.15, -0.1) is 11.3 Å². The monoisotopic (exact) mass is 654 g/mol. The number of ether oxygens (including phenoxy) is 2. The van der Waals surface area contributed by atoms with Crippen LogP contribution in [-0.4, -0.2) is 55.7 Å². The van der Waals surface area contributed by atoms with Gasteiger partial charge >= 0.3 is 6.09 Å². The number of hydrogen-bond acceptors (Lipinski definition) is 10. The number of fused-ring (bicyclic) bond motifs is 1. The highest BCUT2D eigenvalue weighted by atomic mass is 32.2. The number of thiazole rings is 1. The topological polar surface area (TPSA) is 194 Å². The van der Waals surface area contributed by atoms with Gasteiger partial charge in [-0.3, -0.25) is 4.79 Å². The van der Waals surface area contributed by atoms with Crippen LogP contribution in [0.15, 0.2) is 76.8 Å². The molecule has 238 valence electrons. The number of nitrogens with zero attached hydrogens (tertiary/aromatic N) is 2. The van der Waals surface area contributed by atoms with Crippen LogP contribution < -0.4 is 25.8 Å². The number of benzene rings is 3. The van der Waals surface area contributed by atoms with Crippen LogP contribution in [0, 0.1) is 0 Å². The van der Waals surface area contributed by atoms with Gasteiger partial charge in [0.25, 0.3) is 0 Å². The van der Waals surface area contributed by atoms with Crippen LogP contribution in [0.25, 0.3) is 10.2 Å². The molecule has 0 saturated carbocycles. The van der Waals surface area contributed by atoms with E-state index in [1.807, 2.05) is 6.07 Å². The molecule has 45 heavy (non-hydrogen) atoms. The summed E-state index contributed by atoms with van der Waals surface area (Å²) in [7, 11) is -2.51. The molecule has 1 unspecified atom stereocenters. The Morgan fingerprint density at radius 3 is 2.49 bits per heavy atom. The minimum atomic E-state index is -4.08. The van der Waals surface area contributed by atoms with Gasteiger partial charge in [0, 0.05) is 11.3 Å². The Bertz CT molecular complexity index is 1820. The van der Waals surface area contributed by atoms with E-state index >= 15 is 0 Å². The Morgan fingerprint density at radius 1 is 1.09 bits per heavy atom. The van der Waals surface area contributed by atoms with Crippen molar-refractivity contribution in [2.24, 2.45) is 10.9 Å². The van der Waals surface area contributed by atoms with Gasteiger partial charge in [0.2, 0.25) is 15.9 Å². The first kappa shape index (κ1) is 33.2. The lowest BCUT2D eigenvalue weighted by atomic mass is 10.0. The third kappa shape index (κ3) is 9.14. The SMILES string of the molecule is COc1ccc2nc(C(Cc3cccc(/C(N)=N\O)c3)NS(=O)(=O)c3ccc(NC(=O)CNC(=O)OC(C)(C)C)cc3)sc2c1. The number of oxime groups is 1. The molecule has 3 aromatic carbocycles. The minimum Gasteiger partial charge on any atom is -0.497 e. The Labute approximate surface area is 264 Å². The van der Waals surface area contributed by atoms with Gasteiger partial charge < -0.3 is 31.0 Å². The molecule has 0 fully saturated rings. The van der Waals surface area contributed by atoms with Crippen LogP contribution in [0.3, 0.4) is 0 Å². The second-order valence-corrected chi connectivity index (χ2v) is 13.7. The van der Waals surface area contributed by atoms with Crippen molar-refractivity contribution < 1.29 is 32.7 Å². The summed E-state index contributed by atoms with van der Waals surface area (Å²) in [5, 5.41) is 17.6. The second kappa shape index (κ2) is 13.9. The molecule has 0 aliphatic rings. The van der Waals surface area contributed by atoms with Crippen molar-refractivity contribution in [3.05, 3.63) is 82.9 Å². The molecule has 2 amide bonds. The van der Waals surface area contributed by atoms with Crippen LogP contribution in [0.2, 0.25) is 0 Å². The number of hydrogen-bond donors (Lipinski definition) is 5. The Morgan fingerprint density at radius 2 is 1.82 bits per heavy atom. The number of rotatable bonds is 11. The fourth-order valence-electron chi connectivity index (χ4n) is 4.17. The van der Waals surface area contributed by atoms with Gasteiger partial charge in [-0.25, -0.2) is 22.9 Å². The number of aromatic nitrogens is 1. The summed E-state index contributed by atoms with van der Waals surface area (Å²) >= 11 is 1.33. The van der Waals surface area contributed by atoms with Crippen molar-refractivity contribution in [3.63, 3.8) is 0 Å². The van der Waals surface area contributed by atoms with Crippen molar-refractivity contribution in [1.82, 2.24) is 15.0 Å². The highest BCUT2D eigenvalue weighted by Crippen LogP contribution is 2.32. The van der Waals surface area contributed by atoms with Crippen molar-refractivity contribution in [3.8, 4) is 5.75 Å². The molecule has 1 atom stereocenters. The van der Waals surface area contributed by atoms with Gasteiger partial charge in [0.1, 0.15) is 22.9 Å². The van der Waals surface area contributed by atoms with Crippen LogP contribution >= 0.6 is 11.3 Å². The van der Waals surface area contributed by atoms with E-state index in [2.05, 4.69) is 20.5 Å². The van der Waals surface area contributed by atoms with E-state index in [1.54, 1.807) is 64.3 Å². The van der Waals surface area contributed by atoms with Crippen molar-refractivity contribution in [1.29, 1.82) is 0 Å². The summed E-state index contributed by atoms with van der Waals surface area (Å²) in [5.74, 6) is 0.0548. The molecule has 0 saturated heterocycles. The molecule has 1 aromatic heterocycles.